The number of likely N-dealkylation sites (tertiary alicyclic amines) is 1. The van der Waals surface area contributed by atoms with E-state index in [0.717, 1.165) is 19.4 Å². The molecule has 3 atom stereocenters. The van der Waals surface area contributed by atoms with Gasteiger partial charge in [0.15, 0.2) is 0 Å². The Kier molecular flexibility index (Phi) is 8.23. The van der Waals surface area contributed by atoms with Crippen LogP contribution >= 0.6 is 0 Å². The molecule has 0 aromatic carbocycles. The molecule has 28 heavy (non-hydrogen) atoms. The van der Waals surface area contributed by atoms with Gasteiger partial charge in [0.2, 0.25) is 11.8 Å². The number of hydrogen-bond donors (Lipinski definition) is 2. The minimum Gasteiger partial charge on any atom is -0.478 e. The van der Waals surface area contributed by atoms with Crippen LogP contribution in [0.3, 0.4) is 0 Å². The van der Waals surface area contributed by atoms with Crippen molar-refractivity contribution in [2.24, 2.45) is 11.3 Å². The summed E-state index contributed by atoms with van der Waals surface area (Å²) in [5.74, 6) is -1.31. The summed E-state index contributed by atoms with van der Waals surface area (Å²) in [6.45, 7) is 12.0. The first-order valence-corrected chi connectivity index (χ1v) is 9.96. The highest BCUT2D eigenvalue weighted by Crippen LogP contribution is 2.25. The molecule has 2 amide bonds. The van der Waals surface area contributed by atoms with Gasteiger partial charge in [0.05, 0.1) is 12.1 Å². The highest BCUT2D eigenvalue weighted by Gasteiger charge is 2.39. The molecule has 2 N–H and O–H groups in total. The zero-order chi connectivity index (χ0) is 21.8. The molecule has 1 fully saturated rings. The molecule has 1 aliphatic heterocycles. The average molecular weight is 396 g/mol. The third kappa shape index (κ3) is 6.06. The zero-order valence-electron chi connectivity index (χ0n) is 18.6. The standard InChI is InChI=1S/C21H37N3O4/c1-13(2)16(12-14(3)20(27)28)24(8)19(26)17(21(4,5)6)22-18(25)15-10-9-11-23(15)7/h12-13,15-17H,9-11H2,1-8H3,(H,22,25)(H,27,28)/b14-12+/t15-,16?,17?/m0/s1. The van der Waals surface area contributed by atoms with Crippen LogP contribution in [0.1, 0.15) is 54.4 Å². The molecule has 1 heterocycles. The molecule has 7 heteroatoms. The maximum absolute atomic E-state index is 13.3. The highest BCUT2D eigenvalue weighted by atomic mass is 16.4. The van der Waals surface area contributed by atoms with Gasteiger partial charge in [-0.1, -0.05) is 40.7 Å². The predicted octanol–water partition coefficient (Wildman–Crippen LogP) is 2.13. The van der Waals surface area contributed by atoms with Gasteiger partial charge in [-0.25, -0.2) is 4.79 Å². The van der Waals surface area contributed by atoms with Gasteiger partial charge in [0.1, 0.15) is 6.04 Å². The van der Waals surface area contributed by atoms with Gasteiger partial charge in [-0.3, -0.25) is 14.5 Å². The summed E-state index contributed by atoms with van der Waals surface area (Å²) >= 11 is 0. The predicted molar refractivity (Wildman–Crippen MR) is 110 cm³/mol. The SMILES string of the molecule is C/C(=C\C(C(C)C)N(C)C(=O)C(NC(=O)[C@@H]1CCCN1C)C(C)(C)C)C(=O)O. The van der Waals surface area contributed by atoms with Gasteiger partial charge in [-0.2, -0.15) is 0 Å². The van der Waals surface area contributed by atoms with Crippen molar-refractivity contribution in [2.45, 2.75) is 72.5 Å². The number of hydrogen-bond acceptors (Lipinski definition) is 4. The van der Waals surface area contributed by atoms with E-state index in [9.17, 15) is 19.5 Å². The summed E-state index contributed by atoms with van der Waals surface area (Å²) in [7, 11) is 3.59. The monoisotopic (exact) mass is 395 g/mol. The van der Waals surface area contributed by atoms with E-state index in [0.29, 0.717) is 0 Å². The Morgan fingerprint density at radius 2 is 1.82 bits per heavy atom. The molecule has 1 saturated heterocycles. The lowest BCUT2D eigenvalue weighted by molar-refractivity contribution is -0.141. The van der Waals surface area contributed by atoms with Crippen molar-refractivity contribution in [3.05, 3.63) is 11.6 Å². The molecule has 1 aliphatic rings. The number of carbonyl (C=O) groups is 3. The Morgan fingerprint density at radius 3 is 2.21 bits per heavy atom. The van der Waals surface area contributed by atoms with Crippen molar-refractivity contribution in [1.29, 1.82) is 0 Å². The van der Waals surface area contributed by atoms with E-state index in [1.807, 2.05) is 46.6 Å². The number of rotatable bonds is 7. The quantitative estimate of drug-likeness (QED) is 0.645. The molecule has 0 aromatic rings. The number of nitrogens with zero attached hydrogens (tertiary/aromatic N) is 2. The number of likely N-dealkylation sites (N-methyl/N-ethyl adjacent to an activating group) is 2. The summed E-state index contributed by atoms with van der Waals surface area (Å²) in [4.78, 5) is 40.9. The van der Waals surface area contributed by atoms with Crippen molar-refractivity contribution in [2.75, 3.05) is 20.6 Å². The first-order valence-electron chi connectivity index (χ1n) is 9.96. The molecule has 1 rings (SSSR count). The normalized spacial score (nSPS) is 20.8. The Labute approximate surface area is 169 Å². The summed E-state index contributed by atoms with van der Waals surface area (Å²) in [6, 6.07) is -1.28. The van der Waals surface area contributed by atoms with Gasteiger partial charge in [-0.05, 0) is 44.7 Å². The van der Waals surface area contributed by atoms with Crippen LogP contribution in [0.2, 0.25) is 0 Å². The van der Waals surface area contributed by atoms with E-state index < -0.39 is 17.4 Å². The van der Waals surface area contributed by atoms with Crippen LogP contribution in [0.25, 0.3) is 0 Å². The molecule has 7 nitrogen and oxygen atoms in total. The minimum absolute atomic E-state index is 0.0283. The number of nitrogens with one attached hydrogen (secondary N) is 1. The zero-order valence-corrected chi connectivity index (χ0v) is 18.6. The van der Waals surface area contributed by atoms with Gasteiger partial charge in [0, 0.05) is 12.6 Å². The highest BCUT2D eigenvalue weighted by molar-refractivity contribution is 5.91. The van der Waals surface area contributed by atoms with E-state index in [-0.39, 0.29) is 35.4 Å². The van der Waals surface area contributed by atoms with E-state index in [1.165, 1.54) is 6.92 Å². The molecular formula is C21H37N3O4. The fourth-order valence-electron chi connectivity index (χ4n) is 3.56. The van der Waals surface area contributed by atoms with Crippen LogP contribution in [0.4, 0.5) is 0 Å². The number of carboxylic acid groups (broad SMARTS) is 1. The largest absolute Gasteiger partial charge is 0.478 e. The lowest BCUT2D eigenvalue weighted by atomic mass is 9.85. The van der Waals surface area contributed by atoms with Crippen LogP contribution in [-0.4, -0.2) is 71.5 Å². The van der Waals surface area contributed by atoms with Crippen LogP contribution in [0, 0.1) is 11.3 Å². The second-order valence-corrected chi connectivity index (χ2v) is 9.28. The van der Waals surface area contributed by atoms with E-state index in [2.05, 4.69) is 5.32 Å². The van der Waals surface area contributed by atoms with Crippen LogP contribution in [-0.2, 0) is 14.4 Å². The van der Waals surface area contributed by atoms with Crippen LogP contribution < -0.4 is 5.32 Å². The van der Waals surface area contributed by atoms with Gasteiger partial charge >= 0.3 is 5.97 Å². The maximum atomic E-state index is 13.3. The molecular weight excluding hydrogens is 358 g/mol. The third-order valence-electron chi connectivity index (χ3n) is 5.46. The molecule has 0 spiro atoms. The molecule has 2 unspecified atom stereocenters. The smallest absolute Gasteiger partial charge is 0.331 e. The summed E-state index contributed by atoms with van der Waals surface area (Å²) in [5.41, 5.74) is -0.284. The first-order chi connectivity index (χ1) is 12.8. The van der Waals surface area contributed by atoms with Crippen molar-refractivity contribution in [1.82, 2.24) is 15.1 Å². The summed E-state index contributed by atoms with van der Waals surface area (Å²) in [5, 5.41) is 12.2. The van der Waals surface area contributed by atoms with Gasteiger partial charge in [-0.15, -0.1) is 0 Å². The lowest BCUT2D eigenvalue weighted by Crippen LogP contribution is -2.58. The minimum atomic E-state index is -1.00. The van der Waals surface area contributed by atoms with Crippen LogP contribution in [0.15, 0.2) is 11.6 Å². The Hall–Kier alpha value is -1.89. The molecule has 0 radical (unpaired) electrons. The second kappa shape index (κ2) is 9.54. The van der Waals surface area contributed by atoms with Crippen molar-refractivity contribution in [3.63, 3.8) is 0 Å². The Balaban J connectivity index is 3.09. The topological polar surface area (TPSA) is 90.0 Å². The van der Waals surface area contributed by atoms with Gasteiger partial charge in [0.25, 0.3) is 0 Å². The average Bonchev–Trinajstić information content (AvgIpc) is 3.00. The molecule has 0 saturated carbocycles. The number of amides is 2. The summed E-state index contributed by atoms with van der Waals surface area (Å²) < 4.78 is 0. The maximum Gasteiger partial charge on any atom is 0.331 e. The lowest BCUT2D eigenvalue weighted by Gasteiger charge is -2.38. The molecule has 0 bridgehead atoms. The molecule has 0 aromatic heterocycles. The molecule has 160 valence electrons. The first kappa shape index (κ1) is 24.1. The van der Waals surface area contributed by atoms with Gasteiger partial charge < -0.3 is 15.3 Å². The van der Waals surface area contributed by atoms with E-state index >= 15 is 0 Å². The molecule has 0 aliphatic carbocycles. The third-order valence-corrected chi connectivity index (χ3v) is 5.46. The van der Waals surface area contributed by atoms with Crippen molar-refractivity contribution >= 4 is 17.8 Å². The fraction of sp³-hybridized carbons (Fsp3) is 0.762. The fourth-order valence-corrected chi connectivity index (χ4v) is 3.56. The second-order valence-electron chi connectivity index (χ2n) is 9.28. The number of carbonyl (C=O) groups excluding carboxylic acids is 2. The van der Waals surface area contributed by atoms with E-state index in [4.69, 9.17) is 0 Å². The Morgan fingerprint density at radius 1 is 1.25 bits per heavy atom. The number of carboxylic acids is 1. The van der Waals surface area contributed by atoms with Crippen LogP contribution in [0.5, 0.6) is 0 Å². The number of aliphatic carboxylic acids is 1. The summed E-state index contributed by atoms with van der Waals surface area (Å²) in [6.07, 6.45) is 3.37. The van der Waals surface area contributed by atoms with Crippen molar-refractivity contribution in [3.8, 4) is 0 Å². The Bertz CT molecular complexity index is 622. The van der Waals surface area contributed by atoms with Crippen molar-refractivity contribution < 1.29 is 19.5 Å². The van der Waals surface area contributed by atoms with E-state index in [1.54, 1.807) is 18.0 Å².